The van der Waals surface area contributed by atoms with Crippen molar-refractivity contribution in [1.29, 1.82) is 0 Å². The van der Waals surface area contributed by atoms with Gasteiger partial charge in [0.1, 0.15) is 0 Å². The van der Waals surface area contributed by atoms with Crippen LogP contribution < -0.4 is 0 Å². The monoisotopic (exact) mass is 233 g/mol. The number of carbonyl (C=O) groups is 1. The predicted molar refractivity (Wildman–Crippen MR) is 65.3 cm³/mol. The molecule has 4 heteroatoms. The lowest BCUT2D eigenvalue weighted by molar-refractivity contribution is 0.0698. The van der Waals surface area contributed by atoms with Crippen molar-refractivity contribution in [2.75, 3.05) is 6.61 Å². The van der Waals surface area contributed by atoms with Gasteiger partial charge in [-0.1, -0.05) is 12.1 Å². The van der Waals surface area contributed by atoms with Gasteiger partial charge in [0.05, 0.1) is 11.1 Å². The molecule has 1 aromatic heterocycles. The number of rotatable bonds is 4. The summed E-state index contributed by atoms with van der Waals surface area (Å²) in [6, 6.07) is 5.65. The highest BCUT2D eigenvalue weighted by Gasteiger charge is 2.15. The van der Waals surface area contributed by atoms with Crippen LogP contribution in [0.1, 0.15) is 22.3 Å². The van der Waals surface area contributed by atoms with E-state index in [0.717, 1.165) is 16.5 Å². The standard InChI is InChI=1S/C13H15NO3/c1-9-3-4-10-5-7-14(6-2-8-15)12(10)11(9)13(16)17/h3-5,7,15H,2,6,8H2,1H3,(H,16,17). The molecule has 0 saturated heterocycles. The number of hydrogen-bond donors (Lipinski definition) is 2. The van der Waals surface area contributed by atoms with Crippen molar-refractivity contribution in [3.05, 3.63) is 35.5 Å². The van der Waals surface area contributed by atoms with Gasteiger partial charge in [-0.05, 0) is 25.0 Å². The minimum Gasteiger partial charge on any atom is -0.478 e. The van der Waals surface area contributed by atoms with Crippen LogP contribution in [0.15, 0.2) is 24.4 Å². The predicted octanol–water partition coefficient (Wildman–Crippen LogP) is 2.03. The van der Waals surface area contributed by atoms with Crippen LogP contribution in [0.25, 0.3) is 10.9 Å². The van der Waals surface area contributed by atoms with Crippen LogP contribution in [0, 0.1) is 6.92 Å². The number of carboxylic acid groups (broad SMARTS) is 1. The van der Waals surface area contributed by atoms with E-state index in [1.54, 1.807) is 6.92 Å². The third-order valence-corrected chi connectivity index (χ3v) is 2.91. The zero-order chi connectivity index (χ0) is 12.4. The van der Waals surface area contributed by atoms with E-state index < -0.39 is 5.97 Å². The second-order valence-electron chi connectivity index (χ2n) is 4.09. The Balaban J connectivity index is 2.63. The van der Waals surface area contributed by atoms with E-state index in [2.05, 4.69) is 0 Å². The van der Waals surface area contributed by atoms with Crippen LogP contribution in [-0.2, 0) is 6.54 Å². The zero-order valence-corrected chi connectivity index (χ0v) is 9.68. The molecule has 90 valence electrons. The Morgan fingerprint density at radius 2 is 2.12 bits per heavy atom. The average molecular weight is 233 g/mol. The summed E-state index contributed by atoms with van der Waals surface area (Å²) in [6.07, 6.45) is 2.49. The van der Waals surface area contributed by atoms with E-state index in [4.69, 9.17) is 5.11 Å². The molecule has 0 bridgehead atoms. The van der Waals surface area contributed by atoms with Gasteiger partial charge in [0.15, 0.2) is 0 Å². The minimum atomic E-state index is -0.906. The number of carboxylic acids is 1. The van der Waals surface area contributed by atoms with Crippen molar-refractivity contribution in [3.63, 3.8) is 0 Å². The van der Waals surface area contributed by atoms with Gasteiger partial charge in [-0.2, -0.15) is 0 Å². The number of fused-ring (bicyclic) bond motifs is 1. The van der Waals surface area contributed by atoms with Crippen LogP contribution in [0.2, 0.25) is 0 Å². The molecule has 1 aromatic carbocycles. The van der Waals surface area contributed by atoms with Gasteiger partial charge in [-0.25, -0.2) is 4.79 Å². The number of aromatic nitrogens is 1. The fourth-order valence-electron chi connectivity index (χ4n) is 2.09. The van der Waals surface area contributed by atoms with Gasteiger partial charge in [0, 0.05) is 24.7 Å². The van der Waals surface area contributed by atoms with Crippen LogP contribution in [0.5, 0.6) is 0 Å². The molecular formula is C13H15NO3. The van der Waals surface area contributed by atoms with E-state index in [-0.39, 0.29) is 6.61 Å². The topological polar surface area (TPSA) is 62.5 Å². The third kappa shape index (κ3) is 2.03. The molecule has 0 aliphatic heterocycles. The molecule has 0 aliphatic rings. The number of aromatic carboxylic acids is 1. The van der Waals surface area contributed by atoms with Crippen molar-refractivity contribution in [3.8, 4) is 0 Å². The van der Waals surface area contributed by atoms with Crippen molar-refractivity contribution < 1.29 is 15.0 Å². The van der Waals surface area contributed by atoms with E-state index >= 15 is 0 Å². The number of nitrogens with zero attached hydrogens (tertiary/aromatic N) is 1. The van der Waals surface area contributed by atoms with E-state index in [1.807, 2.05) is 29.0 Å². The van der Waals surface area contributed by atoms with Gasteiger partial charge < -0.3 is 14.8 Å². The summed E-state index contributed by atoms with van der Waals surface area (Å²) in [4.78, 5) is 11.3. The van der Waals surface area contributed by atoms with Crippen LogP contribution in [-0.4, -0.2) is 27.4 Å². The molecule has 17 heavy (non-hydrogen) atoms. The number of benzene rings is 1. The van der Waals surface area contributed by atoms with Gasteiger partial charge in [0.25, 0.3) is 0 Å². The van der Waals surface area contributed by atoms with Gasteiger partial charge in [-0.15, -0.1) is 0 Å². The van der Waals surface area contributed by atoms with Gasteiger partial charge in [0.2, 0.25) is 0 Å². The molecule has 2 N–H and O–H groups in total. The summed E-state index contributed by atoms with van der Waals surface area (Å²) < 4.78 is 1.89. The van der Waals surface area contributed by atoms with Crippen molar-refractivity contribution in [2.24, 2.45) is 0 Å². The highest BCUT2D eigenvalue weighted by molar-refractivity contribution is 6.03. The highest BCUT2D eigenvalue weighted by atomic mass is 16.4. The maximum atomic E-state index is 11.3. The first-order valence-electron chi connectivity index (χ1n) is 5.57. The fourth-order valence-corrected chi connectivity index (χ4v) is 2.09. The molecule has 0 radical (unpaired) electrons. The van der Waals surface area contributed by atoms with Gasteiger partial charge in [-0.3, -0.25) is 0 Å². The zero-order valence-electron chi connectivity index (χ0n) is 9.68. The number of aliphatic hydroxyl groups excluding tert-OH is 1. The number of hydrogen-bond acceptors (Lipinski definition) is 2. The second-order valence-corrected chi connectivity index (χ2v) is 4.09. The van der Waals surface area contributed by atoms with Crippen LogP contribution in [0.4, 0.5) is 0 Å². The smallest absolute Gasteiger partial charge is 0.338 e. The van der Waals surface area contributed by atoms with E-state index in [9.17, 15) is 9.90 Å². The second kappa shape index (κ2) is 4.59. The lowest BCUT2D eigenvalue weighted by Crippen LogP contribution is -2.06. The molecule has 0 atom stereocenters. The summed E-state index contributed by atoms with van der Waals surface area (Å²) >= 11 is 0. The maximum absolute atomic E-state index is 11.3. The Morgan fingerprint density at radius 1 is 1.35 bits per heavy atom. The molecule has 4 nitrogen and oxygen atoms in total. The molecule has 0 unspecified atom stereocenters. The van der Waals surface area contributed by atoms with E-state index in [1.165, 1.54) is 0 Å². The quantitative estimate of drug-likeness (QED) is 0.849. The summed E-state index contributed by atoms with van der Waals surface area (Å²) in [5.41, 5.74) is 1.85. The largest absolute Gasteiger partial charge is 0.478 e. The first-order chi connectivity index (χ1) is 8.15. The minimum absolute atomic E-state index is 0.105. The first kappa shape index (κ1) is 11.7. The first-order valence-corrected chi connectivity index (χ1v) is 5.57. The van der Waals surface area contributed by atoms with Crippen molar-refractivity contribution >= 4 is 16.9 Å². The molecule has 0 saturated carbocycles. The molecule has 0 fully saturated rings. The fraction of sp³-hybridized carbons (Fsp3) is 0.308. The Bertz CT molecular complexity index is 557. The maximum Gasteiger partial charge on any atom is 0.338 e. The summed E-state index contributed by atoms with van der Waals surface area (Å²) in [5.74, 6) is -0.906. The summed E-state index contributed by atoms with van der Waals surface area (Å²) in [5, 5.41) is 19.0. The molecule has 1 heterocycles. The number of aryl methyl sites for hydroxylation is 2. The highest BCUT2D eigenvalue weighted by Crippen LogP contribution is 2.23. The average Bonchev–Trinajstić information content (AvgIpc) is 2.68. The van der Waals surface area contributed by atoms with Crippen LogP contribution in [0.3, 0.4) is 0 Å². The Hall–Kier alpha value is -1.81. The molecule has 2 aromatic rings. The van der Waals surface area contributed by atoms with E-state index in [0.29, 0.717) is 18.5 Å². The number of aliphatic hydroxyl groups is 1. The summed E-state index contributed by atoms with van der Waals surface area (Å²) in [6.45, 7) is 2.53. The Kier molecular flexibility index (Phi) is 3.15. The third-order valence-electron chi connectivity index (χ3n) is 2.91. The molecule has 0 aliphatic carbocycles. The lowest BCUT2D eigenvalue weighted by Gasteiger charge is -2.08. The van der Waals surface area contributed by atoms with Crippen LogP contribution >= 0.6 is 0 Å². The summed E-state index contributed by atoms with van der Waals surface area (Å²) in [7, 11) is 0. The Labute approximate surface area is 99.1 Å². The molecular weight excluding hydrogens is 218 g/mol. The lowest BCUT2D eigenvalue weighted by atomic mass is 10.1. The van der Waals surface area contributed by atoms with Crippen molar-refractivity contribution in [1.82, 2.24) is 4.57 Å². The van der Waals surface area contributed by atoms with Gasteiger partial charge >= 0.3 is 5.97 Å². The molecule has 0 amide bonds. The molecule has 2 rings (SSSR count). The molecule has 0 spiro atoms. The normalized spacial score (nSPS) is 10.9. The van der Waals surface area contributed by atoms with Crippen molar-refractivity contribution in [2.45, 2.75) is 19.9 Å². The SMILES string of the molecule is Cc1ccc2ccn(CCCO)c2c1C(=O)O. The Morgan fingerprint density at radius 3 is 2.76 bits per heavy atom.